The summed E-state index contributed by atoms with van der Waals surface area (Å²) in [4.78, 5) is 12.1. The Bertz CT molecular complexity index is 588. The predicted molar refractivity (Wildman–Crippen MR) is 84.7 cm³/mol. The Kier molecular flexibility index (Phi) is 3.29. The van der Waals surface area contributed by atoms with Crippen molar-refractivity contribution in [3.63, 3.8) is 0 Å². The molecule has 0 amide bonds. The topological polar surface area (TPSA) is 47.5 Å². The van der Waals surface area contributed by atoms with Crippen molar-refractivity contribution in [2.24, 2.45) is 0 Å². The van der Waals surface area contributed by atoms with Crippen LogP contribution in [-0.2, 0) is 4.74 Å². The SMILES string of the molecule is CC(C)c1nc(C(C)C)c2c(n1)N1CC3CCC(O3)C1CO2. The van der Waals surface area contributed by atoms with E-state index in [2.05, 4.69) is 32.6 Å². The maximum absolute atomic E-state index is 6.12. The number of anilines is 1. The van der Waals surface area contributed by atoms with Crippen molar-refractivity contribution < 1.29 is 9.47 Å². The number of nitrogens with zero attached hydrogens (tertiary/aromatic N) is 3. The lowest BCUT2D eigenvalue weighted by Gasteiger charge is -2.44. The molecule has 0 radical (unpaired) electrons. The predicted octanol–water partition coefficient (Wildman–Crippen LogP) is 2.85. The van der Waals surface area contributed by atoms with Crippen molar-refractivity contribution >= 4 is 5.82 Å². The second kappa shape index (κ2) is 5.08. The lowest BCUT2D eigenvalue weighted by Crippen LogP contribution is -2.56. The summed E-state index contributed by atoms with van der Waals surface area (Å²) in [5.74, 6) is 3.48. The van der Waals surface area contributed by atoms with Gasteiger partial charge in [-0.1, -0.05) is 27.7 Å². The minimum Gasteiger partial charge on any atom is -0.486 e. The normalized spacial score (nSPS) is 29.5. The first kappa shape index (κ1) is 14.2. The molecule has 1 aromatic heterocycles. The number of fused-ring (bicyclic) bond motifs is 6. The average Bonchev–Trinajstić information content (AvgIpc) is 2.88. The zero-order valence-electron chi connectivity index (χ0n) is 13.9. The summed E-state index contributed by atoms with van der Waals surface area (Å²) in [5, 5.41) is 0. The van der Waals surface area contributed by atoms with Gasteiger partial charge in [0.1, 0.15) is 12.4 Å². The molecule has 3 aliphatic rings. The van der Waals surface area contributed by atoms with Gasteiger partial charge in [0.15, 0.2) is 11.6 Å². The van der Waals surface area contributed by atoms with Gasteiger partial charge in [0.05, 0.1) is 23.9 Å². The van der Waals surface area contributed by atoms with Crippen LogP contribution in [0.25, 0.3) is 0 Å². The average molecular weight is 303 g/mol. The molecule has 0 spiro atoms. The Morgan fingerprint density at radius 1 is 1.09 bits per heavy atom. The monoisotopic (exact) mass is 303 g/mol. The number of ether oxygens (including phenoxy) is 2. The van der Waals surface area contributed by atoms with Crippen LogP contribution in [0.4, 0.5) is 5.82 Å². The van der Waals surface area contributed by atoms with Gasteiger partial charge < -0.3 is 14.4 Å². The fraction of sp³-hybridized carbons (Fsp3) is 0.765. The van der Waals surface area contributed by atoms with E-state index in [1.54, 1.807) is 0 Å². The Hall–Kier alpha value is -1.36. The van der Waals surface area contributed by atoms with Gasteiger partial charge in [-0.2, -0.15) is 0 Å². The van der Waals surface area contributed by atoms with E-state index in [1.165, 1.54) is 0 Å². The van der Waals surface area contributed by atoms with Crippen LogP contribution in [0.3, 0.4) is 0 Å². The highest BCUT2D eigenvalue weighted by Crippen LogP contribution is 2.43. The first-order chi connectivity index (χ1) is 10.5. The van der Waals surface area contributed by atoms with E-state index in [0.717, 1.165) is 42.5 Å². The summed E-state index contributed by atoms with van der Waals surface area (Å²) in [6, 6.07) is 0.307. The van der Waals surface area contributed by atoms with E-state index in [-0.39, 0.29) is 0 Å². The van der Waals surface area contributed by atoms with E-state index in [4.69, 9.17) is 19.4 Å². The second-order valence-electron chi connectivity index (χ2n) is 7.33. The number of hydrogen-bond acceptors (Lipinski definition) is 5. The highest BCUT2D eigenvalue weighted by molar-refractivity contribution is 5.59. The van der Waals surface area contributed by atoms with Crippen LogP contribution < -0.4 is 9.64 Å². The van der Waals surface area contributed by atoms with E-state index in [1.807, 2.05) is 0 Å². The first-order valence-corrected chi connectivity index (χ1v) is 8.51. The zero-order valence-corrected chi connectivity index (χ0v) is 13.9. The lowest BCUT2D eigenvalue weighted by molar-refractivity contribution is -0.0107. The van der Waals surface area contributed by atoms with Crippen molar-refractivity contribution in [2.45, 2.75) is 70.6 Å². The summed E-state index contributed by atoms with van der Waals surface area (Å²) in [7, 11) is 0. The van der Waals surface area contributed by atoms with Gasteiger partial charge in [-0.3, -0.25) is 0 Å². The van der Waals surface area contributed by atoms with Gasteiger partial charge in [-0.25, -0.2) is 9.97 Å². The van der Waals surface area contributed by atoms with E-state index in [0.29, 0.717) is 36.7 Å². The Morgan fingerprint density at radius 2 is 1.91 bits per heavy atom. The van der Waals surface area contributed by atoms with Crippen LogP contribution in [0, 0.1) is 0 Å². The highest BCUT2D eigenvalue weighted by atomic mass is 16.5. The summed E-state index contributed by atoms with van der Waals surface area (Å²) in [5.41, 5.74) is 1.05. The van der Waals surface area contributed by atoms with Crippen LogP contribution in [-0.4, -0.2) is 41.4 Å². The standard InChI is InChI=1S/C17H25N3O2/c1-9(2)14-15-17(19-16(18-14)10(3)4)20-7-11-5-6-13(22-11)12(20)8-21-15/h9-13H,5-8H2,1-4H3. The lowest BCUT2D eigenvalue weighted by atomic mass is 10.0. The number of aromatic nitrogens is 2. The molecule has 4 rings (SSSR count). The third-order valence-electron chi connectivity index (χ3n) is 5.00. The highest BCUT2D eigenvalue weighted by Gasteiger charge is 2.46. The molecule has 0 saturated carbocycles. The van der Waals surface area contributed by atoms with Gasteiger partial charge in [-0.05, 0) is 18.8 Å². The largest absolute Gasteiger partial charge is 0.486 e. The summed E-state index contributed by atoms with van der Waals surface area (Å²) in [6.45, 7) is 10.3. The van der Waals surface area contributed by atoms with Crippen molar-refractivity contribution in [2.75, 3.05) is 18.1 Å². The molecular weight excluding hydrogens is 278 g/mol. The van der Waals surface area contributed by atoms with Gasteiger partial charge in [-0.15, -0.1) is 0 Å². The third-order valence-corrected chi connectivity index (χ3v) is 5.00. The number of rotatable bonds is 2. The molecule has 2 saturated heterocycles. The summed E-state index contributed by atoms with van der Waals surface area (Å²) >= 11 is 0. The summed E-state index contributed by atoms with van der Waals surface area (Å²) in [6.07, 6.45) is 2.95. The molecule has 0 aromatic carbocycles. The molecule has 22 heavy (non-hydrogen) atoms. The maximum Gasteiger partial charge on any atom is 0.183 e. The van der Waals surface area contributed by atoms with Crippen molar-refractivity contribution in [1.82, 2.24) is 9.97 Å². The molecule has 0 aliphatic carbocycles. The Balaban J connectivity index is 1.82. The third kappa shape index (κ3) is 2.09. The van der Waals surface area contributed by atoms with E-state index < -0.39 is 0 Å². The fourth-order valence-electron chi connectivity index (χ4n) is 3.77. The second-order valence-corrected chi connectivity index (χ2v) is 7.33. The van der Waals surface area contributed by atoms with Gasteiger partial charge in [0, 0.05) is 12.5 Å². The molecule has 3 aliphatic heterocycles. The van der Waals surface area contributed by atoms with Crippen molar-refractivity contribution in [3.05, 3.63) is 11.5 Å². The molecule has 5 nitrogen and oxygen atoms in total. The van der Waals surface area contributed by atoms with Gasteiger partial charge in [0.25, 0.3) is 0 Å². The molecule has 3 unspecified atom stereocenters. The molecule has 2 bridgehead atoms. The van der Waals surface area contributed by atoms with Crippen LogP contribution in [0.15, 0.2) is 0 Å². The van der Waals surface area contributed by atoms with Gasteiger partial charge in [0.2, 0.25) is 0 Å². The van der Waals surface area contributed by atoms with Crippen LogP contribution in [0.1, 0.15) is 63.9 Å². The summed E-state index contributed by atoms with van der Waals surface area (Å²) < 4.78 is 12.2. The Morgan fingerprint density at radius 3 is 2.64 bits per heavy atom. The fourth-order valence-corrected chi connectivity index (χ4v) is 3.77. The first-order valence-electron chi connectivity index (χ1n) is 8.51. The molecule has 120 valence electrons. The molecule has 3 atom stereocenters. The van der Waals surface area contributed by atoms with Crippen LogP contribution in [0.5, 0.6) is 5.75 Å². The van der Waals surface area contributed by atoms with Gasteiger partial charge >= 0.3 is 0 Å². The zero-order chi connectivity index (χ0) is 15.4. The molecule has 5 heteroatoms. The molecule has 2 fully saturated rings. The van der Waals surface area contributed by atoms with Crippen LogP contribution in [0.2, 0.25) is 0 Å². The minimum absolute atomic E-state index is 0.298. The minimum atomic E-state index is 0.298. The molecule has 0 N–H and O–H groups in total. The van der Waals surface area contributed by atoms with Crippen molar-refractivity contribution in [3.8, 4) is 5.75 Å². The molecule has 1 aromatic rings. The van der Waals surface area contributed by atoms with E-state index in [9.17, 15) is 0 Å². The maximum atomic E-state index is 6.12. The quantitative estimate of drug-likeness (QED) is 0.841. The number of hydrogen-bond donors (Lipinski definition) is 0. The smallest absolute Gasteiger partial charge is 0.183 e. The van der Waals surface area contributed by atoms with Crippen molar-refractivity contribution in [1.29, 1.82) is 0 Å². The van der Waals surface area contributed by atoms with E-state index >= 15 is 0 Å². The Labute approximate surface area is 132 Å². The molecule has 4 heterocycles. The number of morpholine rings is 1. The molecular formula is C17H25N3O2. The van der Waals surface area contributed by atoms with Crippen LogP contribution >= 0.6 is 0 Å².